The van der Waals surface area contributed by atoms with E-state index < -0.39 is 0 Å². The van der Waals surface area contributed by atoms with E-state index in [0.29, 0.717) is 5.56 Å². The molecule has 2 N–H and O–H groups in total. The fourth-order valence-corrected chi connectivity index (χ4v) is 0.816. The monoisotopic (exact) mass is 189 g/mol. The van der Waals surface area contributed by atoms with Gasteiger partial charge in [0.1, 0.15) is 19.7 Å². The molecule has 0 spiro atoms. The molecule has 0 atom stereocenters. The summed E-state index contributed by atoms with van der Waals surface area (Å²) in [5, 5.41) is 5.13. The summed E-state index contributed by atoms with van der Waals surface area (Å²) < 4.78 is 1.90. The van der Waals surface area contributed by atoms with Crippen molar-refractivity contribution < 1.29 is 17.0 Å². The van der Waals surface area contributed by atoms with E-state index in [9.17, 15) is 4.79 Å². The van der Waals surface area contributed by atoms with Crippen molar-refractivity contribution in [3.63, 3.8) is 0 Å². The molecule has 1 aromatic rings. The third-order valence-corrected chi connectivity index (χ3v) is 1.71. The van der Waals surface area contributed by atoms with Crippen LogP contribution in [0.2, 0.25) is 0 Å². The highest BCUT2D eigenvalue weighted by Gasteiger charge is 2.09. The Balaban J connectivity index is 0.00000121. The van der Waals surface area contributed by atoms with Gasteiger partial charge in [-0.15, -0.1) is 0 Å². The summed E-state index contributed by atoms with van der Waals surface area (Å²) in [5.74, 6) is 0. The van der Waals surface area contributed by atoms with E-state index in [-0.39, 0.29) is 18.0 Å². The smallest absolute Gasteiger partial charge is 0.277 e. The van der Waals surface area contributed by atoms with Crippen molar-refractivity contribution in [2.75, 3.05) is 14.1 Å². The molecule has 68 valence electrons. The lowest BCUT2D eigenvalue weighted by Gasteiger charge is -1.90. The molecule has 0 aliphatic carbocycles. The maximum Gasteiger partial charge on any atom is 0.277 e. The minimum atomic E-state index is -0.0730. The second-order valence-electron chi connectivity index (χ2n) is 2.64. The molecule has 1 aromatic heterocycles. The van der Waals surface area contributed by atoms with Gasteiger partial charge in [0.15, 0.2) is 5.71 Å². The van der Waals surface area contributed by atoms with Gasteiger partial charge in [-0.3, -0.25) is 9.89 Å². The number of hydrogen-bond acceptors (Lipinski definition) is 1. The number of nitrogens with one attached hydrogen (secondary N) is 2. The van der Waals surface area contributed by atoms with Crippen molar-refractivity contribution in [3.05, 3.63) is 22.1 Å². The summed E-state index contributed by atoms with van der Waals surface area (Å²) in [7, 11) is 3.81. The van der Waals surface area contributed by atoms with Crippen LogP contribution in [0.25, 0.3) is 0 Å². The van der Waals surface area contributed by atoms with Gasteiger partial charge in [-0.2, -0.15) is 0 Å². The molecule has 0 saturated carbocycles. The zero-order valence-electron chi connectivity index (χ0n) is 7.31. The number of aromatic amines is 2. The standard InChI is InChI=1S/C7H11N3O.ClH/c1-5(10(2)3)6-4-8-9-7(6)11;/h4H,1-3H3,(H,9,11);1H. The average molecular weight is 190 g/mol. The minimum Gasteiger partial charge on any atom is -1.00 e. The average Bonchev–Trinajstić information content (AvgIpc) is 2.33. The maximum absolute atomic E-state index is 11.0. The molecule has 0 unspecified atom stereocenters. The quantitative estimate of drug-likeness (QED) is 0.355. The highest BCUT2D eigenvalue weighted by Crippen LogP contribution is 1.88. The topological polar surface area (TPSA) is 51.7 Å². The zero-order valence-corrected chi connectivity index (χ0v) is 8.07. The van der Waals surface area contributed by atoms with E-state index in [1.807, 2.05) is 25.6 Å². The Bertz CT molecular complexity index is 332. The maximum atomic E-state index is 11.0. The van der Waals surface area contributed by atoms with Crippen LogP contribution in [0, 0.1) is 0 Å². The van der Waals surface area contributed by atoms with Gasteiger partial charge >= 0.3 is 0 Å². The first-order valence-electron chi connectivity index (χ1n) is 3.40. The van der Waals surface area contributed by atoms with Crippen molar-refractivity contribution >= 4 is 5.71 Å². The fourth-order valence-electron chi connectivity index (χ4n) is 0.816. The minimum absolute atomic E-state index is 0. The first-order valence-corrected chi connectivity index (χ1v) is 3.40. The van der Waals surface area contributed by atoms with Crippen LogP contribution in [0.5, 0.6) is 0 Å². The summed E-state index contributed by atoms with van der Waals surface area (Å²) in [5.41, 5.74) is 1.57. The van der Waals surface area contributed by atoms with Crippen molar-refractivity contribution in [2.45, 2.75) is 6.92 Å². The van der Waals surface area contributed by atoms with Gasteiger partial charge in [-0.1, -0.05) is 0 Å². The van der Waals surface area contributed by atoms with Crippen LogP contribution < -0.4 is 18.0 Å². The van der Waals surface area contributed by atoms with E-state index >= 15 is 0 Å². The number of hydrogen-bond donors (Lipinski definition) is 2. The van der Waals surface area contributed by atoms with Gasteiger partial charge in [0.05, 0.1) is 0 Å². The van der Waals surface area contributed by atoms with Crippen molar-refractivity contribution in [1.29, 1.82) is 0 Å². The molecule has 4 nitrogen and oxygen atoms in total. The number of halogens is 1. The van der Waals surface area contributed by atoms with Gasteiger partial charge in [0.2, 0.25) is 0 Å². The van der Waals surface area contributed by atoms with Crippen LogP contribution in [-0.2, 0) is 0 Å². The summed E-state index contributed by atoms with van der Waals surface area (Å²) in [6.07, 6.45) is 1.66. The predicted octanol–water partition coefficient (Wildman–Crippen LogP) is -3.21. The van der Waals surface area contributed by atoms with E-state index in [1.165, 1.54) is 0 Å². The van der Waals surface area contributed by atoms with Gasteiger partial charge in [-0.25, -0.2) is 4.58 Å². The Morgan fingerprint density at radius 1 is 1.50 bits per heavy atom. The lowest BCUT2D eigenvalue weighted by molar-refractivity contribution is -0.464. The molecule has 1 rings (SSSR count). The Hall–Kier alpha value is -1.03. The first kappa shape index (κ1) is 11.0. The van der Waals surface area contributed by atoms with Crippen LogP contribution in [-0.4, -0.2) is 34.6 Å². The van der Waals surface area contributed by atoms with Gasteiger partial charge in [-0.05, 0) is 0 Å². The molecular weight excluding hydrogens is 178 g/mol. The molecule has 12 heavy (non-hydrogen) atoms. The summed E-state index contributed by atoms with van der Waals surface area (Å²) in [6, 6.07) is 0. The number of rotatable bonds is 1. The van der Waals surface area contributed by atoms with Crippen molar-refractivity contribution in [1.82, 2.24) is 10.2 Å². The summed E-state index contributed by atoms with van der Waals surface area (Å²) >= 11 is 0. The summed E-state index contributed by atoms with van der Waals surface area (Å²) in [4.78, 5) is 11.0. The van der Waals surface area contributed by atoms with Gasteiger partial charge < -0.3 is 17.5 Å². The zero-order chi connectivity index (χ0) is 8.43. The number of nitrogens with zero attached hydrogens (tertiary/aromatic N) is 1. The lowest BCUT2D eigenvalue weighted by Crippen LogP contribution is -3.00. The van der Waals surface area contributed by atoms with Crippen LogP contribution in [0.15, 0.2) is 11.0 Å². The van der Waals surface area contributed by atoms with Gasteiger partial charge in [0.25, 0.3) is 5.56 Å². The van der Waals surface area contributed by atoms with Crippen LogP contribution in [0.4, 0.5) is 0 Å². The van der Waals surface area contributed by atoms with E-state index in [4.69, 9.17) is 0 Å². The van der Waals surface area contributed by atoms with Crippen molar-refractivity contribution in [3.8, 4) is 0 Å². The second kappa shape index (κ2) is 4.11. The van der Waals surface area contributed by atoms with Crippen LogP contribution >= 0.6 is 0 Å². The Labute approximate surface area is 76.7 Å². The number of H-pyrrole nitrogens is 2. The third kappa shape index (κ3) is 1.98. The fraction of sp³-hybridized carbons (Fsp3) is 0.429. The van der Waals surface area contributed by atoms with Crippen molar-refractivity contribution in [2.24, 2.45) is 0 Å². The summed E-state index contributed by atoms with van der Waals surface area (Å²) in [6.45, 7) is 1.90. The lowest BCUT2D eigenvalue weighted by atomic mass is 10.2. The molecule has 0 amide bonds. The molecule has 0 aliphatic rings. The molecule has 0 aromatic carbocycles. The number of aromatic nitrogens is 2. The molecule has 0 bridgehead atoms. The second-order valence-corrected chi connectivity index (χ2v) is 2.64. The molecule has 0 saturated heterocycles. The third-order valence-electron chi connectivity index (χ3n) is 1.71. The van der Waals surface area contributed by atoms with E-state index in [2.05, 4.69) is 10.2 Å². The predicted molar refractivity (Wildman–Crippen MR) is 43.3 cm³/mol. The Kier molecular flexibility index (Phi) is 3.76. The van der Waals surface area contributed by atoms with E-state index in [1.54, 1.807) is 6.20 Å². The molecule has 0 radical (unpaired) electrons. The molecule has 1 heterocycles. The SMILES string of the molecule is CC(c1c[nH][nH]c1=O)=[N+](C)C.[Cl-]. The highest BCUT2D eigenvalue weighted by atomic mass is 35.5. The van der Waals surface area contributed by atoms with E-state index in [0.717, 1.165) is 5.71 Å². The molecule has 0 aliphatic heterocycles. The highest BCUT2D eigenvalue weighted by molar-refractivity contribution is 5.94. The largest absolute Gasteiger partial charge is 1.00 e. The Morgan fingerprint density at radius 2 is 2.08 bits per heavy atom. The molecule has 0 fully saturated rings. The molecule has 5 heteroatoms. The van der Waals surface area contributed by atoms with Crippen LogP contribution in [0.1, 0.15) is 12.5 Å². The van der Waals surface area contributed by atoms with Gasteiger partial charge in [0, 0.05) is 13.1 Å². The van der Waals surface area contributed by atoms with Crippen LogP contribution in [0.3, 0.4) is 0 Å². The molecular formula is C7H12ClN3O. The normalized spacial score (nSPS) is 8.92. The Morgan fingerprint density at radius 3 is 2.42 bits per heavy atom. The first-order chi connectivity index (χ1) is 5.13.